The van der Waals surface area contributed by atoms with Gasteiger partial charge in [0, 0.05) is 6.42 Å². The van der Waals surface area contributed by atoms with Gasteiger partial charge < -0.3 is 20.1 Å². The van der Waals surface area contributed by atoms with Crippen LogP contribution in [0.3, 0.4) is 0 Å². The number of amides is 2. The number of carbonyl (C=O) groups excluding carboxylic acids is 3. The topological polar surface area (TPSA) is 93.7 Å². The molecular weight excluding hydrogens is 331 g/mol. The second-order valence-corrected chi connectivity index (χ2v) is 6.74. The summed E-state index contributed by atoms with van der Waals surface area (Å²) in [7, 11) is 0. The number of alkyl carbamates (subject to hydrolysis) is 1. The number of halogens is 1. The van der Waals surface area contributed by atoms with Crippen LogP contribution >= 0.6 is 0 Å². The van der Waals surface area contributed by atoms with Crippen LogP contribution < -0.4 is 10.6 Å². The summed E-state index contributed by atoms with van der Waals surface area (Å²) in [4.78, 5) is 34.5. The molecule has 0 aliphatic rings. The number of nitrogens with one attached hydrogen (secondary N) is 2. The lowest BCUT2D eigenvalue weighted by Gasteiger charge is -2.25. The monoisotopic (exact) mass is 360 g/mol. The van der Waals surface area contributed by atoms with Crippen molar-refractivity contribution >= 4 is 18.0 Å². The smallest absolute Gasteiger partial charge is 0.408 e. The second-order valence-electron chi connectivity index (χ2n) is 6.74. The van der Waals surface area contributed by atoms with Gasteiger partial charge in [-0.1, -0.05) is 13.8 Å². The van der Waals surface area contributed by atoms with Gasteiger partial charge in [0.05, 0.1) is 12.6 Å². The molecule has 7 nitrogen and oxygen atoms in total. The van der Waals surface area contributed by atoms with E-state index >= 15 is 0 Å². The molecule has 0 aromatic rings. The Labute approximate surface area is 148 Å². The van der Waals surface area contributed by atoms with Gasteiger partial charge in [-0.3, -0.25) is 9.59 Å². The van der Waals surface area contributed by atoms with Crippen molar-refractivity contribution < 1.29 is 28.2 Å². The fourth-order valence-corrected chi connectivity index (χ4v) is 1.76. The summed E-state index contributed by atoms with van der Waals surface area (Å²) in [6.45, 7) is 10.2. The molecule has 0 fully saturated rings. The third kappa shape index (κ3) is 11.1. The van der Waals surface area contributed by atoms with Crippen LogP contribution in [0.1, 0.15) is 48.0 Å². The predicted octanol–water partition coefficient (Wildman–Crippen LogP) is 2.46. The zero-order valence-electron chi connectivity index (χ0n) is 15.8. The van der Waals surface area contributed by atoms with Crippen LogP contribution in [0.15, 0.2) is 11.9 Å². The molecule has 144 valence electrons. The molecular formula is C17H29FN2O5. The van der Waals surface area contributed by atoms with Crippen LogP contribution in [0.25, 0.3) is 0 Å². The lowest BCUT2D eigenvalue weighted by molar-refractivity contribution is -0.143. The number of carbonyl (C=O) groups is 3. The standard InChI is InChI=1S/C17H29FN2O5/c1-7-24-14(22)10-19-13(21)9-8-12(18)15(11(2)3)20-16(23)25-17(4,5)6/h8,11,15H,7,9-10H2,1-6H3,(H,19,21)(H,20,23)/b12-8-/t15-/m1/s1. The van der Waals surface area contributed by atoms with E-state index < -0.39 is 35.4 Å². The third-order valence-electron chi connectivity index (χ3n) is 2.85. The summed E-state index contributed by atoms with van der Waals surface area (Å²) in [6, 6.07) is -0.910. The number of esters is 1. The molecule has 2 amide bonds. The normalized spacial score (nSPS) is 13.2. The van der Waals surface area contributed by atoms with Gasteiger partial charge in [-0.15, -0.1) is 0 Å². The van der Waals surface area contributed by atoms with E-state index in [0.717, 1.165) is 6.08 Å². The first-order chi connectivity index (χ1) is 11.5. The van der Waals surface area contributed by atoms with Crippen molar-refractivity contribution in [2.45, 2.75) is 59.6 Å². The first kappa shape index (κ1) is 22.9. The fraction of sp³-hybridized carbons (Fsp3) is 0.706. The molecule has 0 rings (SSSR count). The van der Waals surface area contributed by atoms with E-state index in [1.54, 1.807) is 41.5 Å². The van der Waals surface area contributed by atoms with Crippen LogP contribution in [-0.4, -0.2) is 42.8 Å². The molecule has 0 aliphatic carbocycles. The van der Waals surface area contributed by atoms with Gasteiger partial charge in [0.1, 0.15) is 18.0 Å². The summed E-state index contributed by atoms with van der Waals surface area (Å²) >= 11 is 0. The van der Waals surface area contributed by atoms with Gasteiger partial charge >= 0.3 is 12.1 Å². The van der Waals surface area contributed by atoms with E-state index in [2.05, 4.69) is 15.4 Å². The molecule has 0 radical (unpaired) electrons. The van der Waals surface area contributed by atoms with Gasteiger partial charge in [0.25, 0.3) is 0 Å². The van der Waals surface area contributed by atoms with Gasteiger partial charge in [-0.2, -0.15) is 0 Å². The Bertz CT molecular complexity index is 498. The molecule has 0 saturated heterocycles. The van der Waals surface area contributed by atoms with Crippen molar-refractivity contribution in [3.63, 3.8) is 0 Å². The SMILES string of the molecule is CCOC(=O)CNC(=O)C/C=C(\F)[C@H](NC(=O)OC(C)(C)C)C(C)C. The quantitative estimate of drug-likeness (QED) is 0.649. The molecule has 0 aromatic heterocycles. The molecule has 0 saturated carbocycles. The van der Waals surface area contributed by atoms with Crippen molar-refractivity contribution in [2.24, 2.45) is 5.92 Å². The van der Waals surface area contributed by atoms with E-state index in [1.165, 1.54) is 0 Å². The average Bonchev–Trinajstić information content (AvgIpc) is 2.46. The van der Waals surface area contributed by atoms with Gasteiger partial charge in [-0.25, -0.2) is 9.18 Å². The first-order valence-corrected chi connectivity index (χ1v) is 8.23. The van der Waals surface area contributed by atoms with Crippen LogP contribution in [0.5, 0.6) is 0 Å². The van der Waals surface area contributed by atoms with E-state index in [4.69, 9.17) is 4.74 Å². The van der Waals surface area contributed by atoms with Crippen LogP contribution in [0.4, 0.5) is 9.18 Å². The Hall–Kier alpha value is -2.12. The zero-order valence-corrected chi connectivity index (χ0v) is 15.8. The highest BCUT2D eigenvalue weighted by Crippen LogP contribution is 2.16. The third-order valence-corrected chi connectivity index (χ3v) is 2.85. The zero-order chi connectivity index (χ0) is 19.6. The number of hydrogen-bond acceptors (Lipinski definition) is 5. The molecule has 2 N–H and O–H groups in total. The number of rotatable bonds is 8. The minimum absolute atomic E-state index is 0.218. The van der Waals surface area contributed by atoms with E-state index in [9.17, 15) is 18.8 Å². The minimum Gasteiger partial charge on any atom is -0.465 e. The molecule has 0 aromatic carbocycles. The van der Waals surface area contributed by atoms with Crippen LogP contribution in [0.2, 0.25) is 0 Å². The Kier molecular flexibility index (Phi) is 9.78. The van der Waals surface area contributed by atoms with Crippen LogP contribution in [-0.2, 0) is 19.1 Å². The highest BCUT2D eigenvalue weighted by atomic mass is 19.1. The Morgan fingerprint density at radius 1 is 1.20 bits per heavy atom. The Morgan fingerprint density at radius 3 is 2.28 bits per heavy atom. The van der Waals surface area contributed by atoms with Crippen molar-refractivity contribution in [1.82, 2.24) is 10.6 Å². The maximum Gasteiger partial charge on any atom is 0.408 e. The molecule has 1 atom stereocenters. The Balaban J connectivity index is 4.63. The van der Waals surface area contributed by atoms with Gasteiger partial charge in [0.2, 0.25) is 5.91 Å². The summed E-state index contributed by atoms with van der Waals surface area (Å²) in [5.41, 5.74) is -0.696. The highest BCUT2D eigenvalue weighted by Gasteiger charge is 2.24. The lowest BCUT2D eigenvalue weighted by Crippen LogP contribution is -2.42. The Morgan fingerprint density at radius 2 is 1.80 bits per heavy atom. The van der Waals surface area contributed by atoms with Crippen molar-refractivity contribution in [3.8, 4) is 0 Å². The minimum atomic E-state index is -0.910. The maximum absolute atomic E-state index is 14.3. The lowest BCUT2D eigenvalue weighted by atomic mass is 10.0. The highest BCUT2D eigenvalue weighted by molar-refractivity contribution is 5.82. The molecule has 0 heterocycles. The molecule has 0 bridgehead atoms. The number of hydrogen-bond donors (Lipinski definition) is 2. The number of ether oxygens (including phenoxy) is 2. The molecule has 25 heavy (non-hydrogen) atoms. The summed E-state index contributed by atoms with van der Waals surface area (Å²) in [5.74, 6) is -1.98. The molecule has 8 heteroatoms. The summed E-state index contributed by atoms with van der Waals surface area (Å²) in [5, 5.41) is 4.78. The van der Waals surface area contributed by atoms with Crippen molar-refractivity contribution in [3.05, 3.63) is 11.9 Å². The molecule has 0 unspecified atom stereocenters. The second kappa shape index (κ2) is 10.7. The molecule has 0 aliphatic heterocycles. The summed E-state index contributed by atoms with van der Waals surface area (Å²) < 4.78 is 24.1. The largest absolute Gasteiger partial charge is 0.465 e. The van der Waals surface area contributed by atoms with Crippen LogP contribution in [0, 0.1) is 5.92 Å². The summed E-state index contributed by atoms with van der Waals surface area (Å²) in [6.07, 6.45) is 0.0778. The predicted molar refractivity (Wildman–Crippen MR) is 91.4 cm³/mol. The van der Waals surface area contributed by atoms with Crippen molar-refractivity contribution in [2.75, 3.05) is 13.2 Å². The first-order valence-electron chi connectivity index (χ1n) is 8.23. The van der Waals surface area contributed by atoms with E-state index in [-0.39, 0.29) is 25.5 Å². The average molecular weight is 360 g/mol. The van der Waals surface area contributed by atoms with Gasteiger partial charge in [-0.05, 0) is 39.7 Å². The van der Waals surface area contributed by atoms with Crippen molar-refractivity contribution in [1.29, 1.82) is 0 Å². The van der Waals surface area contributed by atoms with E-state index in [1.807, 2.05) is 0 Å². The molecule has 0 spiro atoms. The van der Waals surface area contributed by atoms with E-state index in [0.29, 0.717) is 0 Å². The van der Waals surface area contributed by atoms with Gasteiger partial charge in [0.15, 0.2) is 0 Å². The maximum atomic E-state index is 14.3. The fourth-order valence-electron chi connectivity index (χ4n) is 1.76.